The highest BCUT2D eigenvalue weighted by Gasteiger charge is 2.25. The van der Waals surface area contributed by atoms with Gasteiger partial charge in [0.05, 0.1) is 17.1 Å². The van der Waals surface area contributed by atoms with Gasteiger partial charge < -0.3 is 19.5 Å². The highest BCUT2D eigenvalue weighted by Crippen LogP contribution is 2.23. The molecule has 2 aromatic rings. The molecule has 2 amide bonds. The second kappa shape index (κ2) is 12.0. The molecule has 2 N–H and O–H groups in total. The van der Waals surface area contributed by atoms with Crippen molar-refractivity contribution in [1.29, 1.82) is 0 Å². The Kier molecular flexibility index (Phi) is 9.20. The van der Waals surface area contributed by atoms with Gasteiger partial charge in [-0.2, -0.15) is 0 Å². The van der Waals surface area contributed by atoms with Crippen LogP contribution in [0.15, 0.2) is 53.4 Å². The van der Waals surface area contributed by atoms with E-state index in [1.165, 1.54) is 16.0 Å². The number of carbonyl (C=O) groups excluding carboxylic acids is 2. The summed E-state index contributed by atoms with van der Waals surface area (Å²) in [5, 5.41) is 1.32. The van der Waals surface area contributed by atoms with Gasteiger partial charge in [-0.05, 0) is 69.9 Å². The summed E-state index contributed by atoms with van der Waals surface area (Å²) in [6.07, 6.45) is 3.77. The number of sulfone groups is 1. The standard InChI is InChI=1S/C27H38N4O5S/c1-27(2,3)36-26(33)30(17-18-31(28)23-13-6-7-14-24(23)37(4,34)35)20-21-11-10-12-22(19-21)25(32)29-15-8-5-9-16-29/h6-7,10-14,19H,5,8-9,15-18,20,28H2,1-4H3. The Labute approximate surface area is 220 Å². The molecule has 1 heterocycles. The van der Waals surface area contributed by atoms with Crippen molar-refractivity contribution >= 4 is 27.5 Å². The molecule has 2 aromatic carbocycles. The van der Waals surface area contributed by atoms with E-state index in [4.69, 9.17) is 10.6 Å². The second-order valence-electron chi connectivity index (χ2n) is 10.4. The molecule has 202 valence electrons. The summed E-state index contributed by atoms with van der Waals surface area (Å²) < 4.78 is 30.0. The Balaban J connectivity index is 1.78. The maximum atomic E-state index is 13.1. The third-order valence-corrected chi connectivity index (χ3v) is 7.17. The summed E-state index contributed by atoms with van der Waals surface area (Å²) in [5.74, 6) is 6.24. The van der Waals surface area contributed by atoms with E-state index in [-0.39, 0.29) is 30.4 Å². The van der Waals surface area contributed by atoms with E-state index in [2.05, 4.69) is 0 Å². The number of hydrogen-bond acceptors (Lipinski definition) is 7. The summed E-state index contributed by atoms with van der Waals surface area (Å²) in [4.78, 5) is 29.6. The Bertz CT molecular complexity index is 1200. The van der Waals surface area contributed by atoms with E-state index in [9.17, 15) is 18.0 Å². The number of hydrogen-bond donors (Lipinski definition) is 1. The van der Waals surface area contributed by atoms with Gasteiger partial charge in [0.25, 0.3) is 5.91 Å². The van der Waals surface area contributed by atoms with Crippen LogP contribution >= 0.6 is 0 Å². The van der Waals surface area contributed by atoms with Crippen LogP contribution in [0.25, 0.3) is 0 Å². The quantitative estimate of drug-likeness (QED) is 0.408. The second-order valence-corrected chi connectivity index (χ2v) is 12.4. The van der Waals surface area contributed by atoms with Crippen molar-refractivity contribution in [3.63, 3.8) is 0 Å². The minimum atomic E-state index is -3.49. The molecule has 0 bridgehead atoms. The lowest BCUT2D eigenvalue weighted by molar-refractivity contribution is 0.0239. The lowest BCUT2D eigenvalue weighted by Crippen LogP contribution is -2.43. The molecule has 0 unspecified atom stereocenters. The lowest BCUT2D eigenvalue weighted by Gasteiger charge is -2.30. The molecule has 9 nitrogen and oxygen atoms in total. The molecule has 0 atom stereocenters. The Morgan fingerprint density at radius 1 is 1.00 bits per heavy atom. The van der Waals surface area contributed by atoms with E-state index in [0.717, 1.165) is 44.2 Å². The molecule has 0 aliphatic carbocycles. The molecular weight excluding hydrogens is 492 g/mol. The van der Waals surface area contributed by atoms with Crippen LogP contribution in [0.3, 0.4) is 0 Å². The van der Waals surface area contributed by atoms with Crippen LogP contribution in [-0.2, 0) is 21.1 Å². The summed E-state index contributed by atoms with van der Waals surface area (Å²) in [5.41, 5.74) is 1.02. The number of anilines is 1. The zero-order chi connectivity index (χ0) is 27.2. The van der Waals surface area contributed by atoms with Crippen molar-refractivity contribution in [2.75, 3.05) is 37.4 Å². The maximum absolute atomic E-state index is 13.1. The minimum Gasteiger partial charge on any atom is -0.444 e. The first kappa shape index (κ1) is 28.5. The average molecular weight is 531 g/mol. The zero-order valence-corrected chi connectivity index (χ0v) is 23.0. The van der Waals surface area contributed by atoms with Gasteiger partial charge >= 0.3 is 6.09 Å². The molecule has 1 aliphatic heterocycles. The van der Waals surface area contributed by atoms with Gasteiger partial charge in [0.2, 0.25) is 0 Å². The minimum absolute atomic E-state index is 0.00381. The molecule has 10 heteroatoms. The number of ether oxygens (including phenoxy) is 1. The molecule has 37 heavy (non-hydrogen) atoms. The van der Waals surface area contributed by atoms with Crippen LogP contribution in [0.2, 0.25) is 0 Å². The van der Waals surface area contributed by atoms with E-state index < -0.39 is 21.5 Å². The van der Waals surface area contributed by atoms with Crippen molar-refractivity contribution in [2.24, 2.45) is 5.84 Å². The van der Waals surface area contributed by atoms with Crippen LogP contribution in [0.4, 0.5) is 10.5 Å². The third kappa shape index (κ3) is 8.19. The first-order valence-electron chi connectivity index (χ1n) is 12.5. The van der Waals surface area contributed by atoms with Crippen LogP contribution in [-0.4, -0.2) is 68.3 Å². The number of hydrazine groups is 1. The zero-order valence-electron chi connectivity index (χ0n) is 22.1. The largest absolute Gasteiger partial charge is 0.444 e. The fourth-order valence-corrected chi connectivity index (χ4v) is 5.11. The Morgan fingerprint density at radius 2 is 1.68 bits per heavy atom. The van der Waals surface area contributed by atoms with Gasteiger partial charge in [-0.15, -0.1) is 0 Å². The number of likely N-dealkylation sites (tertiary alicyclic amines) is 1. The molecule has 0 spiro atoms. The summed E-state index contributed by atoms with van der Waals surface area (Å²) >= 11 is 0. The number of benzene rings is 2. The number of carbonyl (C=O) groups is 2. The number of nitrogens with two attached hydrogens (primary N) is 1. The summed E-state index contributed by atoms with van der Waals surface area (Å²) in [6.45, 7) is 7.43. The van der Waals surface area contributed by atoms with E-state index in [1.807, 2.05) is 23.1 Å². The molecular formula is C27H38N4O5S. The van der Waals surface area contributed by atoms with Gasteiger partial charge in [-0.3, -0.25) is 4.79 Å². The highest BCUT2D eigenvalue weighted by molar-refractivity contribution is 7.90. The molecule has 1 saturated heterocycles. The third-order valence-electron chi connectivity index (χ3n) is 6.03. The molecule has 0 aromatic heterocycles. The van der Waals surface area contributed by atoms with Crippen molar-refractivity contribution in [2.45, 2.75) is 57.1 Å². The first-order valence-corrected chi connectivity index (χ1v) is 14.4. The van der Waals surface area contributed by atoms with Crippen LogP contribution in [0.1, 0.15) is 56.0 Å². The number of piperidine rings is 1. The smallest absolute Gasteiger partial charge is 0.410 e. The normalized spacial score (nSPS) is 14.2. The van der Waals surface area contributed by atoms with Crippen molar-refractivity contribution < 1.29 is 22.7 Å². The first-order chi connectivity index (χ1) is 17.3. The van der Waals surface area contributed by atoms with Crippen molar-refractivity contribution in [1.82, 2.24) is 9.80 Å². The SMILES string of the molecule is CC(C)(C)OC(=O)N(CCN(N)c1ccccc1S(C)(=O)=O)Cc1cccc(C(=O)N2CCCCC2)c1. The molecule has 1 aliphatic rings. The van der Waals surface area contributed by atoms with Gasteiger partial charge in [-0.25, -0.2) is 19.1 Å². The monoisotopic (exact) mass is 530 g/mol. The average Bonchev–Trinajstić information content (AvgIpc) is 2.85. The van der Waals surface area contributed by atoms with Crippen LogP contribution < -0.4 is 10.9 Å². The van der Waals surface area contributed by atoms with Gasteiger partial charge in [0, 0.05) is 38.0 Å². The van der Waals surface area contributed by atoms with Gasteiger partial charge in [-0.1, -0.05) is 24.3 Å². The van der Waals surface area contributed by atoms with Crippen LogP contribution in [0.5, 0.6) is 0 Å². The number of amides is 2. The maximum Gasteiger partial charge on any atom is 0.410 e. The lowest BCUT2D eigenvalue weighted by atomic mass is 10.1. The van der Waals surface area contributed by atoms with Crippen molar-refractivity contribution in [3.8, 4) is 0 Å². The van der Waals surface area contributed by atoms with Gasteiger partial charge in [0.1, 0.15) is 5.60 Å². The van der Waals surface area contributed by atoms with E-state index in [0.29, 0.717) is 11.3 Å². The number of nitrogens with zero attached hydrogens (tertiary/aromatic N) is 3. The predicted octanol–water partition coefficient (Wildman–Crippen LogP) is 3.83. The molecule has 1 fully saturated rings. The summed E-state index contributed by atoms with van der Waals surface area (Å²) in [7, 11) is -3.49. The van der Waals surface area contributed by atoms with E-state index >= 15 is 0 Å². The topological polar surface area (TPSA) is 113 Å². The Morgan fingerprint density at radius 3 is 2.32 bits per heavy atom. The Hall–Kier alpha value is -3.11. The molecule has 3 rings (SSSR count). The predicted molar refractivity (Wildman–Crippen MR) is 144 cm³/mol. The number of rotatable bonds is 8. The van der Waals surface area contributed by atoms with E-state index in [1.54, 1.807) is 45.0 Å². The highest BCUT2D eigenvalue weighted by atomic mass is 32.2. The fourth-order valence-electron chi connectivity index (χ4n) is 4.22. The number of para-hydroxylation sites is 1. The van der Waals surface area contributed by atoms with Gasteiger partial charge in [0.15, 0.2) is 9.84 Å². The fraction of sp³-hybridized carbons (Fsp3) is 0.481. The van der Waals surface area contributed by atoms with Crippen molar-refractivity contribution in [3.05, 3.63) is 59.7 Å². The van der Waals surface area contributed by atoms with Crippen LogP contribution in [0, 0.1) is 0 Å². The molecule has 0 radical (unpaired) electrons. The summed E-state index contributed by atoms with van der Waals surface area (Å²) in [6, 6.07) is 13.8. The molecule has 0 saturated carbocycles.